The lowest BCUT2D eigenvalue weighted by molar-refractivity contribution is 0.0433. The van der Waals surface area contributed by atoms with Crippen LogP contribution in [0.5, 0.6) is 0 Å². The van der Waals surface area contributed by atoms with Crippen molar-refractivity contribution in [1.82, 2.24) is 0 Å². The fourth-order valence-electron chi connectivity index (χ4n) is 1.11. The van der Waals surface area contributed by atoms with Gasteiger partial charge in [-0.2, -0.15) is 0 Å². The molecule has 0 amide bonds. The van der Waals surface area contributed by atoms with Gasteiger partial charge in [-0.25, -0.2) is 4.79 Å². The molecule has 0 radical (unpaired) electrons. The van der Waals surface area contributed by atoms with Crippen molar-refractivity contribution < 1.29 is 14.6 Å². The summed E-state index contributed by atoms with van der Waals surface area (Å²) in [6.07, 6.45) is 0. The molecule has 1 rings (SSSR count). The number of ether oxygens (including phenoxy) is 1. The number of hydrogen-bond donors (Lipinski definition) is 3. The predicted molar refractivity (Wildman–Crippen MR) is 54.8 cm³/mol. The molecular formula is C10H12N2O3. The lowest BCUT2D eigenvalue weighted by Crippen LogP contribution is -2.18. The second kappa shape index (κ2) is 5.11. The first-order valence-electron chi connectivity index (χ1n) is 4.38. The van der Waals surface area contributed by atoms with Gasteiger partial charge in [0.1, 0.15) is 12.4 Å². The van der Waals surface area contributed by atoms with Gasteiger partial charge in [0.25, 0.3) is 0 Å². The van der Waals surface area contributed by atoms with Gasteiger partial charge >= 0.3 is 5.97 Å². The molecule has 0 aliphatic carbocycles. The fraction of sp³-hybridized carbons (Fsp3) is 0.200. The van der Waals surface area contributed by atoms with Gasteiger partial charge in [-0.15, -0.1) is 0 Å². The van der Waals surface area contributed by atoms with Gasteiger partial charge in [-0.3, -0.25) is 5.41 Å². The molecule has 0 fully saturated rings. The molecule has 5 heteroatoms. The molecule has 0 spiro atoms. The minimum absolute atomic E-state index is 0.0644. The number of amidine groups is 1. The molecule has 0 aliphatic rings. The highest BCUT2D eigenvalue weighted by Crippen LogP contribution is 2.09. The van der Waals surface area contributed by atoms with Crippen molar-refractivity contribution in [3.8, 4) is 0 Å². The Morgan fingerprint density at radius 3 is 2.53 bits per heavy atom. The van der Waals surface area contributed by atoms with Crippen molar-refractivity contribution in [3.63, 3.8) is 0 Å². The molecular weight excluding hydrogens is 196 g/mol. The van der Waals surface area contributed by atoms with E-state index in [0.29, 0.717) is 5.56 Å². The number of nitrogen functional groups attached to an aromatic ring is 1. The standard InChI is InChI=1S/C10H12N2O3/c11-9(12)7-3-1-2-4-8(7)10(14)15-6-5-13/h1-4,13H,5-6H2,(H3,11,12). The van der Waals surface area contributed by atoms with E-state index in [1.54, 1.807) is 18.2 Å². The molecule has 0 aromatic heterocycles. The molecule has 0 bridgehead atoms. The maximum atomic E-state index is 11.4. The quantitative estimate of drug-likeness (QED) is 0.372. The average molecular weight is 208 g/mol. The molecule has 1 aromatic carbocycles. The monoisotopic (exact) mass is 208 g/mol. The first kappa shape index (κ1) is 11.2. The smallest absolute Gasteiger partial charge is 0.338 e. The summed E-state index contributed by atoms with van der Waals surface area (Å²) >= 11 is 0. The van der Waals surface area contributed by atoms with Crippen LogP contribution in [0.25, 0.3) is 0 Å². The number of aliphatic hydroxyl groups excluding tert-OH is 1. The number of nitrogens with two attached hydrogens (primary N) is 1. The Kier molecular flexibility index (Phi) is 3.82. The Balaban J connectivity index is 2.92. The highest BCUT2D eigenvalue weighted by Gasteiger charge is 2.13. The summed E-state index contributed by atoms with van der Waals surface area (Å²) in [5.41, 5.74) is 5.88. The van der Waals surface area contributed by atoms with Crippen LogP contribution >= 0.6 is 0 Å². The molecule has 0 saturated carbocycles. The van der Waals surface area contributed by atoms with Crippen LogP contribution in [-0.4, -0.2) is 30.1 Å². The van der Waals surface area contributed by atoms with E-state index in [0.717, 1.165) is 0 Å². The Labute approximate surface area is 87.0 Å². The zero-order valence-electron chi connectivity index (χ0n) is 8.06. The maximum absolute atomic E-state index is 11.4. The van der Waals surface area contributed by atoms with Gasteiger partial charge < -0.3 is 15.6 Å². The van der Waals surface area contributed by atoms with Gasteiger partial charge in [0, 0.05) is 5.56 Å². The van der Waals surface area contributed by atoms with Crippen LogP contribution in [0, 0.1) is 5.41 Å². The first-order valence-corrected chi connectivity index (χ1v) is 4.38. The number of rotatable bonds is 4. The van der Waals surface area contributed by atoms with Crippen LogP contribution in [0.4, 0.5) is 0 Å². The second-order valence-electron chi connectivity index (χ2n) is 2.82. The molecule has 0 unspecified atom stereocenters. The molecule has 80 valence electrons. The van der Waals surface area contributed by atoms with E-state index in [4.69, 9.17) is 21.0 Å². The Morgan fingerprint density at radius 2 is 2.00 bits per heavy atom. The number of carbonyl (C=O) groups is 1. The Hall–Kier alpha value is -1.88. The van der Waals surface area contributed by atoms with Crippen LogP contribution in [0.15, 0.2) is 24.3 Å². The van der Waals surface area contributed by atoms with Crippen LogP contribution in [-0.2, 0) is 4.74 Å². The number of nitrogens with one attached hydrogen (secondary N) is 1. The summed E-state index contributed by atoms with van der Waals surface area (Å²) in [4.78, 5) is 11.4. The fourth-order valence-corrected chi connectivity index (χ4v) is 1.11. The van der Waals surface area contributed by atoms with Crippen molar-refractivity contribution in [3.05, 3.63) is 35.4 Å². The minimum Gasteiger partial charge on any atom is -0.460 e. The zero-order chi connectivity index (χ0) is 11.3. The van der Waals surface area contributed by atoms with Crippen LogP contribution < -0.4 is 5.73 Å². The molecule has 0 aliphatic heterocycles. The minimum atomic E-state index is -0.588. The first-order chi connectivity index (χ1) is 7.16. The highest BCUT2D eigenvalue weighted by atomic mass is 16.5. The number of aliphatic hydroxyl groups is 1. The van der Waals surface area contributed by atoms with Gasteiger partial charge in [0.2, 0.25) is 0 Å². The van der Waals surface area contributed by atoms with E-state index >= 15 is 0 Å². The SMILES string of the molecule is N=C(N)c1ccccc1C(=O)OCCO. The topological polar surface area (TPSA) is 96.4 Å². The zero-order valence-corrected chi connectivity index (χ0v) is 8.06. The summed E-state index contributed by atoms with van der Waals surface area (Å²) in [5.74, 6) is -0.776. The number of hydrogen-bond acceptors (Lipinski definition) is 4. The molecule has 0 saturated heterocycles. The summed E-state index contributed by atoms with van der Waals surface area (Å²) in [7, 11) is 0. The molecule has 0 heterocycles. The van der Waals surface area contributed by atoms with Crippen LogP contribution in [0.3, 0.4) is 0 Å². The number of benzene rings is 1. The molecule has 4 N–H and O–H groups in total. The van der Waals surface area contributed by atoms with E-state index < -0.39 is 5.97 Å². The average Bonchev–Trinajstić information content (AvgIpc) is 2.25. The lowest BCUT2D eigenvalue weighted by atomic mass is 10.1. The lowest BCUT2D eigenvalue weighted by Gasteiger charge is -2.07. The highest BCUT2D eigenvalue weighted by molar-refractivity contribution is 6.05. The molecule has 0 atom stereocenters. The normalized spacial score (nSPS) is 9.67. The molecule has 5 nitrogen and oxygen atoms in total. The van der Waals surface area contributed by atoms with Gasteiger partial charge in [-0.1, -0.05) is 18.2 Å². The van der Waals surface area contributed by atoms with E-state index in [1.807, 2.05) is 0 Å². The molecule has 1 aromatic rings. The van der Waals surface area contributed by atoms with E-state index in [9.17, 15) is 4.79 Å². The van der Waals surface area contributed by atoms with Crippen LogP contribution in [0.2, 0.25) is 0 Å². The third-order valence-electron chi connectivity index (χ3n) is 1.76. The van der Waals surface area contributed by atoms with Crippen LogP contribution in [0.1, 0.15) is 15.9 Å². The third-order valence-corrected chi connectivity index (χ3v) is 1.76. The predicted octanol–water partition coefficient (Wildman–Crippen LogP) is 0.120. The summed E-state index contributed by atoms with van der Waals surface area (Å²) in [6.45, 7) is -0.293. The Bertz CT molecular complexity index is 377. The number of esters is 1. The van der Waals surface area contributed by atoms with E-state index in [1.165, 1.54) is 6.07 Å². The van der Waals surface area contributed by atoms with Crippen molar-refractivity contribution >= 4 is 11.8 Å². The second-order valence-corrected chi connectivity index (χ2v) is 2.82. The van der Waals surface area contributed by atoms with Crippen molar-refractivity contribution in [2.75, 3.05) is 13.2 Å². The molecule has 15 heavy (non-hydrogen) atoms. The van der Waals surface area contributed by atoms with E-state index in [2.05, 4.69) is 0 Å². The number of carbonyl (C=O) groups excluding carboxylic acids is 1. The Morgan fingerprint density at radius 1 is 1.40 bits per heavy atom. The summed E-state index contributed by atoms with van der Waals surface area (Å²) in [6, 6.07) is 6.43. The summed E-state index contributed by atoms with van der Waals surface area (Å²) in [5, 5.41) is 15.8. The van der Waals surface area contributed by atoms with Crippen molar-refractivity contribution in [2.24, 2.45) is 5.73 Å². The van der Waals surface area contributed by atoms with Gasteiger partial charge in [0.05, 0.1) is 12.2 Å². The summed E-state index contributed by atoms with van der Waals surface area (Å²) < 4.78 is 4.73. The van der Waals surface area contributed by atoms with Crippen molar-refractivity contribution in [1.29, 1.82) is 5.41 Å². The largest absolute Gasteiger partial charge is 0.460 e. The third kappa shape index (κ3) is 2.78. The van der Waals surface area contributed by atoms with E-state index in [-0.39, 0.29) is 24.6 Å². The van der Waals surface area contributed by atoms with Gasteiger partial charge in [0.15, 0.2) is 0 Å². The maximum Gasteiger partial charge on any atom is 0.338 e. The van der Waals surface area contributed by atoms with Crippen molar-refractivity contribution in [2.45, 2.75) is 0 Å². The van der Waals surface area contributed by atoms with Gasteiger partial charge in [-0.05, 0) is 6.07 Å².